The molecule has 7 heteroatoms. The number of carbonyl (C=O) groups is 3. The fourth-order valence-electron chi connectivity index (χ4n) is 2.07. The zero-order chi connectivity index (χ0) is 14.8. The number of carbonyl (C=O) groups excluding carboxylic acids is 2. The van der Waals surface area contributed by atoms with Gasteiger partial charge >= 0.3 is 12.0 Å². The molecule has 1 atom stereocenters. The number of likely N-dealkylation sites (tertiary alicyclic amines) is 1. The Morgan fingerprint density at radius 1 is 1.37 bits per heavy atom. The summed E-state index contributed by atoms with van der Waals surface area (Å²) in [6.45, 7) is 3.75. The summed E-state index contributed by atoms with van der Waals surface area (Å²) in [6, 6.07) is -0.544. The van der Waals surface area contributed by atoms with Gasteiger partial charge in [-0.2, -0.15) is 0 Å². The van der Waals surface area contributed by atoms with Gasteiger partial charge in [0.2, 0.25) is 5.91 Å². The van der Waals surface area contributed by atoms with Crippen molar-refractivity contribution in [3.8, 4) is 0 Å². The predicted molar refractivity (Wildman–Crippen MR) is 68.4 cm³/mol. The van der Waals surface area contributed by atoms with E-state index in [2.05, 4.69) is 0 Å². The minimum absolute atomic E-state index is 0.258. The minimum atomic E-state index is -1.27. The molecule has 0 aromatic heterocycles. The molecule has 1 aliphatic heterocycles. The van der Waals surface area contributed by atoms with Gasteiger partial charge in [0.15, 0.2) is 0 Å². The highest BCUT2D eigenvalue weighted by Crippen LogP contribution is 2.22. The summed E-state index contributed by atoms with van der Waals surface area (Å²) in [5.41, 5.74) is 3.94. The number of hydrogen-bond acceptors (Lipinski definition) is 3. The molecule has 0 bridgehead atoms. The van der Waals surface area contributed by atoms with Gasteiger partial charge in [-0.15, -0.1) is 0 Å². The van der Waals surface area contributed by atoms with Crippen LogP contribution in [0.15, 0.2) is 0 Å². The van der Waals surface area contributed by atoms with E-state index in [9.17, 15) is 14.4 Å². The molecule has 1 heterocycles. The maximum atomic E-state index is 12.3. The highest BCUT2D eigenvalue weighted by Gasteiger charge is 2.39. The van der Waals surface area contributed by atoms with Crippen LogP contribution < -0.4 is 5.73 Å². The molecule has 108 valence electrons. The van der Waals surface area contributed by atoms with Crippen molar-refractivity contribution >= 4 is 17.9 Å². The van der Waals surface area contributed by atoms with Gasteiger partial charge in [-0.1, -0.05) is 0 Å². The van der Waals surface area contributed by atoms with Gasteiger partial charge in [-0.25, -0.2) is 9.59 Å². The monoisotopic (exact) mass is 271 g/mol. The van der Waals surface area contributed by atoms with Gasteiger partial charge in [-0.05, 0) is 26.7 Å². The number of rotatable bonds is 3. The lowest BCUT2D eigenvalue weighted by molar-refractivity contribution is -0.157. The molecule has 19 heavy (non-hydrogen) atoms. The molecule has 0 aliphatic carbocycles. The Hall–Kier alpha value is -1.79. The van der Waals surface area contributed by atoms with Crippen molar-refractivity contribution in [2.24, 2.45) is 11.7 Å². The first-order valence-electron chi connectivity index (χ1n) is 6.23. The SMILES string of the molecule is CN(C(=O)C1CCCN(C(N)=O)C1)C(C)(C)C(=O)O. The van der Waals surface area contributed by atoms with Crippen molar-refractivity contribution in [3.63, 3.8) is 0 Å². The number of hydrogen-bond donors (Lipinski definition) is 2. The van der Waals surface area contributed by atoms with E-state index in [1.165, 1.54) is 30.7 Å². The normalized spacial score (nSPS) is 19.9. The van der Waals surface area contributed by atoms with E-state index in [-0.39, 0.29) is 18.4 Å². The van der Waals surface area contributed by atoms with Crippen molar-refractivity contribution in [2.45, 2.75) is 32.2 Å². The van der Waals surface area contributed by atoms with Gasteiger partial charge < -0.3 is 20.6 Å². The van der Waals surface area contributed by atoms with Gasteiger partial charge in [0.1, 0.15) is 5.54 Å². The third kappa shape index (κ3) is 3.15. The molecule has 1 rings (SSSR count). The molecule has 0 radical (unpaired) electrons. The molecule has 1 aliphatic rings. The van der Waals surface area contributed by atoms with E-state index in [0.717, 1.165) is 0 Å². The first-order chi connectivity index (χ1) is 8.67. The third-order valence-electron chi connectivity index (χ3n) is 3.77. The van der Waals surface area contributed by atoms with Crippen molar-refractivity contribution in [1.82, 2.24) is 9.80 Å². The fourth-order valence-corrected chi connectivity index (χ4v) is 2.07. The molecular weight excluding hydrogens is 250 g/mol. The van der Waals surface area contributed by atoms with E-state index in [1.807, 2.05) is 0 Å². The van der Waals surface area contributed by atoms with Crippen LogP contribution in [0.2, 0.25) is 0 Å². The topological polar surface area (TPSA) is 104 Å². The minimum Gasteiger partial charge on any atom is -0.480 e. The van der Waals surface area contributed by atoms with E-state index in [4.69, 9.17) is 10.8 Å². The van der Waals surface area contributed by atoms with Crippen LogP contribution in [0.25, 0.3) is 0 Å². The quantitative estimate of drug-likeness (QED) is 0.759. The van der Waals surface area contributed by atoms with Crippen LogP contribution in [0.1, 0.15) is 26.7 Å². The molecule has 1 unspecified atom stereocenters. The third-order valence-corrected chi connectivity index (χ3v) is 3.77. The summed E-state index contributed by atoms with van der Waals surface area (Å²) in [5, 5.41) is 9.12. The van der Waals surface area contributed by atoms with Crippen LogP contribution in [0.5, 0.6) is 0 Å². The molecule has 0 aromatic carbocycles. The Bertz CT molecular complexity index is 394. The summed E-state index contributed by atoms with van der Waals surface area (Å²) < 4.78 is 0. The molecule has 1 saturated heterocycles. The zero-order valence-electron chi connectivity index (χ0n) is 11.5. The fraction of sp³-hybridized carbons (Fsp3) is 0.750. The number of urea groups is 1. The Morgan fingerprint density at radius 2 is 1.95 bits per heavy atom. The predicted octanol–water partition coefficient (Wildman–Crippen LogP) is 0.0987. The van der Waals surface area contributed by atoms with Crippen LogP contribution in [-0.4, -0.2) is 58.5 Å². The molecule has 3 amide bonds. The van der Waals surface area contributed by atoms with E-state index in [1.54, 1.807) is 0 Å². The van der Waals surface area contributed by atoms with Gasteiger partial charge in [-0.3, -0.25) is 4.79 Å². The maximum Gasteiger partial charge on any atom is 0.329 e. The number of aliphatic carboxylic acids is 1. The average Bonchev–Trinajstić information content (AvgIpc) is 2.36. The second-order valence-electron chi connectivity index (χ2n) is 5.38. The first-order valence-corrected chi connectivity index (χ1v) is 6.23. The van der Waals surface area contributed by atoms with Crippen LogP contribution in [0.3, 0.4) is 0 Å². The van der Waals surface area contributed by atoms with Gasteiger partial charge in [0.05, 0.1) is 5.92 Å². The molecule has 0 aromatic rings. The van der Waals surface area contributed by atoms with Gasteiger partial charge in [0, 0.05) is 20.1 Å². The Kier molecular flexibility index (Phi) is 4.39. The number of amides is 3. The average molecular weight is 271 g/mol. The molecule has 3 N–H and O–H groups in total. The summed E-state index contributed by atoms with van der Waals surface area (Å²) in [4.78, 5) is 37.2. The number of piperidine rings is 1. The number of carboxylic acid groups (broad SMARTS) is 1. The number of likely N-dealkylation sites (N-methyl/N-ethyl adjacent to an activating group) is 1. The van der Waals surface area contributed by atoms with Crippen LogP contribution >= 0.6 is 0 Å². The number of nitrogens with two attached hydrogens (primary N) is 1. The second-order valence-corrected chi connectivity index (χ2v) is 5.38. The summed E-state index contributed by atoms with van der Waals surface area (Å²) in [5.74, 6) is -1.71. The number of nitrogens with zero attached hydrogens (tertiary/aromatic N) is 2. The standard InChI is InChI=1S/C12H21N3O4/c1-12(2,10(17)18)14(3)9(16)8-5-4-6-15(7-8)11(13)19/h8H,4-7H2,1-3H3,(H2,13,19)(H,17,18). The zero-order valence-corrected chi connectivity index (χ0v) is 11.5. The lowest BCUT2D eigenvalue weighted by Gasteiger charge is -2.37. The first kappa shape index (κ1) is 15.3. The summed E-state index contributed by atoms with van der Waals surface area (Å²) >= 11 is 0. The van der Waals surface area contributed by atoms with E-state index < -0.39 is 17.5 Å². The molecular formula is C12H21N3O4. The van der Waals surface area contributed by atoms with Gasteiger partial charge in [0.25, 0.3) is 0 Å². The van der Waals surface area contributed by atoms with Crippen molar-refractivity contribution < 1.29 is 19.5 Å². The summed E-state index contributed by atoms with van der Waals surface area (Å²) in [7, 11) is 1.47. The van der Waals surface area contributed by atoms with Crippen molar-refractivity contribution in [2.75, 3.05) is 20.1 Å². The molecule has 0 saturated carbocycles. The van der Waals surface area contributed by atoms with Crippen LogP contribution in [0, 0.1) is 5.92 Å². The summed E-state index contributed by atoms with van der Waals surface area (Å²) in [6.07, 6.45) is 1.34. The smallest absolute Gasteiger partial charge is 0.329 e. The van der Waals surface area contributed by atoms with Crippen molar-refractivity contribution in [3.05, 3.63) is 0 Å². The van der Waals surface area contributed by atoms with Crippen LogP contribution in [-0.2, 0) is 9.59 Å². The molecule has 1 fully saturated rings. The Balaban J connectivity index is 2.77. The highest BCUT2D eigenvalue weighted by atomic mass is 16.4. The van der Waals surface area contributed by atoms with Crippen molar-refractivity contribution in [1.29, 1.82) is 0 Å². The largest absolute Gasteiger partial charge is 0.480 e. The Labute approximate surface area is 112 Å². The second kappa shape index (κ2) is 5.46. The lowest BCUT2D eigenvalue weighted by atomic mass is 9.94. The lowest BCUT2D eigenvalue weighted by Crippen LogP contribution is -2.55. The maximum absolute atomic E-state index is 12.3. The van der Waals surface area contributed by atoms with Crippen LogP contribution in [0.4, 0.5) is 4.79 Å². The molecule has 0 spiro atoms. The highest BCUT2D eigenvalue weighted by molar-refractivity contribution is 5.87. The number of primary amides is 1. The Morgan fingerprint density at radius 3 is 2.42 bits per heavy atom. The van der Waals surface area contributed by atoms with E-state index >= 15 is 0 Å². The van der Waals surface area contributed by atoms with E-state index in [0.29, 0.717) is 19.4 Å². The number of carboxylic acids is 1. The molecule has 7 nitrogen and oxygen atoms in total.